The van der Waals surface area contributed by atoms with Crippen molar-refractivity contribution >= 4 is 0 Å². The molecule has 1 N–H and O–H groups in total. The van der Waals surface area contributed by atoms with Gasteiger partial charge in [-0.25, -0.2) is 4.39 Å². The van der Waals surface area contributed by atoms with Gasteiger partial charge in [0, 0.05) is 18.2 Å². The number of phenols is 1. The largest absolute Gasteiger partial charge is 0.507 e. The summed E-state index contributed by atoms with van der Waals surface area (Å²) in [5.74, 6) is -0.490. The first kappa shape index (κ1) is 9.00. The molecule has 1 aromatic carbocycles. The maximum absolute atomic E-state index is 12.5. The second-order valence-electron chi connectivity index (χ2n) is 2.41. The summed E-state index contributed by atoms with van der Waals surface area (Å²) in [6, 6.07) is 3.89. The fourth-order valence-electron chi connectivity index (χ4n) is 0.871. The Morgan fingerprint density at radius 3 is 2.83 bits per heavy atom. The molecule has 66 valence electrons. The Morgan fingerprint density at radius 2 is 2.25 bits per heavy atom. The van der Waals surface area contributed by atoms with Gasteiger partial charge in [0.05, 0.1) is 6.61 Å². The summed E-state index contributed by atoms with van der Waals surface area (Å²) in [5.41, 5.74) is 0.609. The Morgan fingerprint density at radius 1 is 1.50 bits per heavy atom. The van der Waals surface area contributed by atoms with Crippen LogP contribution in [-0.2, 0) is 11.3 Å². The Kier molecular flexibility index (Phi) is 3.05. The number of hydrogen-bond donors (Lipinski definition) is 1. The zero-order valence-electron chi connectivity index (χ0n) is 6.88. The first-order chi connectivity index (χ1) is 5.74. The summed E-state index contributed by atoms with van der Waals surface area (Å²) in [6.45, 7) is 2.76. The first-order valence-electron chi connectivity index (χ1n) is 3.79. The van der Waals surface area contributed by atoms with E-state index in [9.17, 15) is 9.50 Å². The van der Waals surface area contributed by atoms with Gasteiger partial charge < -0.3 is 9.84 Å². The van der Waals surface area contributed by atoms with E-state index in [1.54, 1.807) is 0 Å². The lowest BCUT2D eigenvalue weighted by Crippen LogP contribution is -1.92. The highest BCUT2D eigenvalue weighted by atomic mass is 19.1. The van der Waals surface area contributed by atoms with Gasteiger partial charge in [-0.05, 0) is 13.0 Å². The van der Waals surface area contributed by atoms with Crippen LogP contribution in [0.25, 0.3) is 0 Å². The van der Waals surface area contributed by atoms with Crippen molar-refractivity contribution in [2.45, 2.75) is 13.5 Å². The van der Waals surface area contributed by atoms with E-state index in [-0.39, 0.29) is 5.75 Å². The van der Waals surface area contributed by atoms with Gasteiger partial charge in [0.25, 0.3) is 0 Å². The molecule has 2 nitrogen and oxygen atoms in total. The van der Waals surface area contributed by atoms with E-state index in [2.05, 4.69) is 0 Å². The summed E-state index contributed by atoms with van der Waals surface area (Å²) >= 11 is 0. The normalized spacial score (nSPS) is 10.2. The number of aromatic hydroxyl groups is 1. The van der Waals surface area contributed by atoms with E-state index in [4.69, 9.17) is 4.74 Å². The molecule has 1 rings (SSSR count). The quantitative estimate of drug-likeness (QED) is 0.752. The van der Waals surface area contributed by atoms with Crippen molar-refractivity contribution in [3.8, 4) is 5.75 Å². The standard InChI is InChI=1S/C9H11FO2/c1-2-12-6-7-3-4-8(10)5-9(7)11/h3-5,11H,2,6H2,1H3. The number of halogens is 1. The Bertz CT molecular complexity index is 261. The van der Waals surface area contributed by atoms with Crippen molar-refractivity contribution in [2.24, 2.45) is 0 Å². The van der Waals surface area contributed by atoms with Crippen LogP contribution in [0.15, 0.2) is 18.2 Å². The monoisotopic (exact) mass is 170 g/mol. The van der Waals surface area contributed by atoms with Gasteiger partial charge in [0.2, 0.25) is 0 Å². The third kappa shape index (κ3) is 2.20. The summed E-state index contributed by atoms with van der Waals surface area (Å²) < 4.78 is 17.5. The van der Waals surface area contributed by atoms with Gasteiger partial charge in [-0.15, -0.1) is 0 Å². The van der Waals surface area contributed by atoms with Crippen molar-refractivity contribution in [3.63, 3.8) is 0 Å². The minimum absolute atomic E-state index is 0.0524. The zero-order chi connectivity index (χ0) is 8.97. The van der Waals surface area contributed by atoms with E-state index in [0.29, 0.717) is 18.8 Å². The number of rotatable bonds is 3. The molecule has 0 fully saturated rings. The molecule has 0 amide bonds. The molecule has 0 saturated heterocycles. The zero-order valence-corrected chi connectivity index (χ0v) is 6.88. The number of ether oxygens (including phenoxy) is 1. The van der Waals surface area contributed by atoms with Crippen LogP contribution >= 0.6 is 0 Å². The summed E-state index contributed by atoms with van der Waals surface area (Å²) in [5, 5.41) is 9.20. The summed E-state index contributed by atoms with van der Waals surface area (Å²) in [7, 11) is 0. The predicted molar refractivity (Wildman–Crippen MR) is 43.4 cm³/mol. The Labute approximate surface area is 70.6 Å². The van der Waals surface area contributed by atoms with Crippen LogP contribution in [0.1, 0.15) is 12.5 Å². The van der Waals surface area contributed by atoms with E-state index in [0.717, 1.165) is 6.07 Å². The maximum atomic E-state index is 12.5. The van der Waals surface area contributed by atoms with Gasteiger partial charge in [0.15, 0.2) is 0 Å². The molecule has 0 aliphatic rings. The van der Waals surface area contributed by atoms with Crippen molar-refractivity contribution in [1.82, 2.24) is 0 Å². The van der Waals surface area contributed by atoms with Crippen molar-refractivity contribution in [2.75, 3.05) is 6.61 Å². The molecular formula is C9H11FO2. The molecule has 0 unspecified atom stereocenters. The van der Waals surface area contributed by atoms with Crippen LogP contribution < -0.4 is 0 Å². The fourth-order valence-corrected chi connectivity index (χ4v) is 0.871. The molecule has 0 saturated carbocycles. The molecule has 0 bridgehead atoms. The highest BCUT2D eigenvalue weighted by Crippen LogP contribution is 2.18. The smallest absolute Gasteiger partial charge is 0.126 e. The summed E-state index contributed by atoms with van der Waals surface area (Å²) in [4.78, 5) is 0. The molecule has 0 radical (unpaired) electrons. The third-order valence-electron chi connectivity index (χ3n) is 1.51. The molecule has 1 aromatic rings. The highest BCUT2D eigenvalue weighted by molar-refractivity contribution is 5.31. The molecule has 12 heavy (non-hydrogen) atoms. The SMILES string of the molecule is CCOCc1ccc(F)cc1O. The topological polar surface area (TPSA) is 29.5 Å². The molecular weight excluding hydrogens is 159 g/mol. The lowest BCUT2D eigenvalue weighted by atomic mass is 10.2. The molecule has 0 aromatic heterocycles. The molecule has 0 aliphatic heterocycles. The van der Waals surface area contributed by atoms with E-state index < -0.39 is 5.82 Å². The van der Waals surface area contributed by atoms with Gasteiger partial charge >= 0.3 is 0 Å². The van der Waals surface area contributed by atoms with E-state index >= 15 is 0 Å². The number of phenolic OH excluding ortho intramolecular Hbond substituents is 1. The van der Waals surface area contributed by atoms with Crippen LogP contribution in [0.4, 0.5) is 4.39 Å². The van der Waals surface area contributed by atoms with E-state index in [1.807, 2.05) is 6.92 Å². The third-order valence-corrected chi connectivity index (χ3v) is 1.51. The van der Waals surface area contributed by atoms with Gasteiger partial charge in [-0.2, -0.15) is 0 Å². The average Bonchev–Trinajstić information content (AvgIpc) is 2.03. The van der Waals surface area contributed by atoms with E-state index in [1.165, 1.54) is 12.1 Å². The molecule has 3 heteroatoms. The van der Waals surface area contributed by atoms with Crippen LogP contribution in [0, 0.1) is 5.82 Å². The average molecular weight is 170 g/mol. The van der Waals surface area contributed by atoms with Gasteiger partial charge in [0.1, 0.15) is 11.6 Å². The Balaban J connectivity index is 2.72. The Hall–Kier alpha value is -1.09. The predicted octanol–water partition coefficient (Wildman–Crippen LogP) is 2.07. The second-order valence-corrected chi connectivity index (χ2v) is 2.41. The van der Waals surface area contributed by atoms with Crippen LogP contribution in [0.2, 0.25) is 0 Å². The number of hydrogen-bond acceptors (Lipinski definition) is 2. The lowest BCUT2D eigenvalue weighted by Gasteiger charge is -2.03. The molecule has 0 atom stereocenters. The van der Waals surface area contributed by atoms with Crippen molar-refractivity contribution in [3.05, 3.63) is 29.6 Å². The minimum atomic E-state index is -0.437. The molecule has 0 aliphatic carbocycles. The highest BCUT2D eigenvalue weighted by Gasteiger charge is 2.01. The van der Waals surface area contributed by atoms with Crippen molar-refractivity contribution in [1.29, 1.82) is 0 Å². The summed E-state index contributed by atoms with van der Waals surface area (Å²) in [6.07, 6.45) is 0. The molecule has 0 heterocycles. The van der Waals surface area contributed by atoms with Crippen LogP contribution in [0.3, 0.4) is 0 Å². The number of benzene rings is 1. The van der Waals surface area contributed by atoms with Crippen LogP contribution in [0.5, 0.6) is 5.75 Å². The second kappa shape index (κ2) is 4.07. The first-order valence-corrected chi connectivity index (χ1v) is 3.79. The molecule has 0 spiro atoms. The fraction of sp³-hybridized carbons (Fsp3) is 0.333. The minimum Gasteiger partial charge on any atom is -0.507 e. The van der Waals surface area contributed by atoms with Gasteiger partial charge in [-0.3, -0.25) is 0 Å². The van der Waals surface area contributed by atoms with Crippen LogP contribution in [-0.4, -0.2) is 11.7 Å². The van der Waals surface area contributed by atoms with Crippen molar-refractivity contribution < 1.29 is 14.2 Å². The van der Waals surface area contributed by atoms with Gasteiger partial charge in [-0.1, -0.05) is 6.07 Å². The maximum Gasteiger partial charge on any atom is 0.126 e. The lowest BCUT2D eigenvalue weighted by molar-refractivity contribution is 0.132.